The van der Waals surface area contributed by atoms with Crippen molar-refractivity contribution in [3.63, 3.8) is 0 Å². The lowest BCUT2D eigenvalue weighted by atomic mass is 9.68. The van der Waals surface area contributed by atoms with Crippen molar-refractivity contribution in [2.24, 2.45) is 11.1 Å². The molecule has 0 saturated carbocycles. The largest absolute Gasteiger partial charge is 0.388 e. The Bertz CT molecular complexity index is 453. The summed E-state index contributed by atoms with van der Waals surface area (Å²) in [6, 6.07) is 7.83. The number of benzene rings is 1. The van der Waals surface area contributed by atoms with Crippen molar-refractivity contribution in [3.05, 3.63) is 34.3 Å². The van der Waals surface area contributed by atoms with Crippen LogP contribution in [0.4, 0.5) is 0 Å². The normalized spacial score (nSPS) is 35.9. The van der Waals surface area contributed by atoms with Crippen molar-refractivity contribution in [3.8, 4) is 0 Å². The molecule has 2 fully saturated rings. The third-order valence-electron chi connectivity index (χ3n) is 4.45. The standard InChI is InChI=1S/C14H18BrNO2/c15-10-3-1-2-9(6-10)13(17)14(8-16)7-11-4-5-12(14)18-11/h1-3,6,11-13,17H,4-5,7-8,16H2. The number of aliphatic hydroxyl groups excluding tert-OH is 1. The summed E-state index contributed by atoms with van der Waals surface area (Å²) in [7, 11) is 0. The van der Waals surface area contributed by atoms with Crippen LogP contribution in [0.5, 0.6) is 0 Å². The molecule has 1 aromatic rings. The molecule has 2 aliphatic rings. The van der Waals surface area contributed by atoms with Gasteiger partial charge in [-0.25, -0.2) is 0 Å². The molecule has 3 nitrogen and oxygen atoms in total. The van der Waals surface area contributed by atoms with Crippen molar-refractivity contribution < 1.29 is 9.84 Å². The summed E-state index contributed by atoms with van der Waals surface area (Å²) in [6.07, 6.45) is 2.86. The van der Waals surface area contributed by atoms with E-state index in [4.69, 9.17) is 10.5 Å². The zero-order chi connectivity index (χ0) is 12.8. The molecular weight excluding hydrogens is 294 g/mol. The minimum absolute atomic E-state index is 0.112. The van der Waals surface area contributed by atoms with E-state index in [-0.39, 0.29) is 11.5 Å². The summed E-state index contributed by atoms with van der Waals surface area (Å²) in [5, 5.41) is 10.7. The molecule has 18 heavy (non-hydrogen) atoms. The van der Waals surface area contributed by atoms with Crippen LogP contribution < -0.4 is 5.73 Å². The van der Waals surface area contributed by atoms with E-state index in [0.29, 0.717) is 12.6 Å². The predicted molar refractivity (Wildman–Crippen MR) is 73.1 cm³/mol. The highest BCUT2D eigenvalue weighted by atomic mass is 79.9. The number of nitrogens with two attached hydrogens (primary N) is 1. The molecule has 2 heterocycles. The van der Waals surface area contributed by atoms with Gasteiger partial charge in [-0.1, -0.05) is 28.1 Å². The molecular formula is C14H18BrNO2. The topological polar surface area (TPSA) is 55.5 Å². The molecule has 0 aliphatic carbocycles. The van der Waals surface area contributed by atoms with E-state index in [1.165, 1.54) is 0 Å². The van der Waals surface area contributed by atoms with Crippen LogP contribution in [0.1, 0.15) is 30.9 Å². The minimum atomic E-state index is -0.546. The van der Waals surface area contributed by atoms with Crippen molar-refractivity contribution in [1.82, 2.24) is 0 Å². The molecule has 1 aromatic carbocycles. The Morgan fingerprint density at radius 1 is 1.50 bits per heavy atom. The van der Waals surface area contributed by atoms with Gasteiger partial charge in [-0.15, -0.1) is 0 Å². The van der Waals surface area contributed by atoms with Gasteiger partial charge in [0.2, 0.25) is 0 Å². The van der Waals surface area contributed by atoms with E-state index in [2.05, 4.69) is 15.9 Å². The van der Waals surface area contributed by atoms with Crippen LogP contribution >= 0.6 is 15.9 Å². The molecule has 0 radical (unpaired) electrons. The number of fused-ring (bicyclic) bond motifs is 2. The van der Waals surface area contributed by atoms with E-state index in [1.54, 1.807) is 0 Å². The average Bonchev–Trinajstić information content (AvgIpc) is 2.98. The Hall–Kier alpha value is -0.420. The van der Waals surface area contributed by atoms with Gasteiger partial charge in [-0.05, 0) is 37.0 Å². The van der Waals surface area contributed by atoms with Gasteiger partial charge in [-0.3, -0.25) is 0 Å². The molecule has 98 valence electrons. The van der Waals surface area contributed by atoms with Crippen LogP contribution in [-0.4, -0.2) is 23.9 Å². The molecule has 3 N–H and O–H groups in total. The van der Waals surface area contributed by atoms with Crippen molar-refractivity contribution in [2.75, 3.05) is 6.54 Å². The molecule has 0 amide bonds. The SMILES string of the molecule is NCC1(C(O)c2cccc(Br)c2)CC2CCC1O2. The second-order valence-electron chi connectivity index (χ2n) is 5.42. The lowest BCUT2D eigenvalue weighted by Crippen LogP contribution is -2.44. The fraction of sp³-hybridized carbons (Fsp3) is 0.571. The zero-order valence-corrected chi connectivity index (χ0v) is 11.8. The number of ether oxygens (including phenoxy) is 1. The number of hydrogen-bond donors (Lipinski definition) is 2. The first-order chi connectivity index (χ1) is 8.65. The molecule has 4 atom stereocenters. The van der Waals surface area contributed by atoms with Gasteiger partial charge >= 0.3 is 0 Å². The van der Waals surface area contributed by atoms with Crippen molar-refractivity contribution >= 4 is 15.9 Å². The Balaban J connectivity index is 1.93. The molecule has 3 rings (SSSR count). The molecule has 0 spiro atoms. The molecule has 2 saturated heterocycles. The van der Waals surface area contributed by atoms with Crippen molar-refractivity contribution in [2.45, 2.75) is 37.6 Å². The lowest BCUT2D eigenvalue weighted by Gasteiger charge is -2.38. The highest BCUT2D eigenvalue weighted by molar-refractivity contribution is 9.10. The summed E-state index contributed by atoms with van der Waals surface area (Å²) in [5.41, 5.74) is 6.60. The first kappa shape index (κ1) is 12.6. The fourth-order valence-electron chi connectivity index (χ4n) is 3.46. The Kier molecular flexibility index (Phi) is 3.22. The van der Waals surface area contributed by atoms with Crippen LogP contribution in [0, 0.1) is 5.41 Å². The number of halogens is 1. The quantitative estimate of drug-likeness (QED) is 0.901. The summed E-state index contributed by atoms with van der Waals surface area (Å²) in [4.78, 5) is 0. The number of rotatable bonds is 3. The first-order valence-corrected chi connectivity index (χ1v) is 7.24. The maximum Gasteiger partial charge on any atom is 0.0884 e. The molecule has 4 unspecified atom stereocenters. The predicted octanol–water partition coefficient (Wildman–Crippen LogP) is 2.38. The highest BCUT2D eigenvalue weighted by Gasteiger charge is 2.55. The summed E-state index contributed by atoms with van der Waals surface area (Å²) in [6.45, 7) is 0.474. The maximum absolute atomic E-state index is 10.7. The van der Waals surface area contributed by atoms with Crippen LogP contribution in [0.15, 0.2) is 28.7 Å². The Labute approximate surface area is 115 Å². The highest BCUT2D eigenvalue weighted by Crippen LogP contribution is 2.53. The van der Waals surface area contributed by atoms with E-state index < -0.39 is 6.10 Å². The Morgan fingerprint density at radius 2 is 2.33 bits per heavy atom. The van der Waals surface area contributed by atoms with E-state index in [0.717, 1.165) is 29.3 Å². The summed E-state index contributed by atoms with van der Waals surface area (Å²) < 4.78 is 6.88. The minimum Gasteiger partial charge on any atom is -0.388 e. The lowest BCUT2D eigenvalue weighted by molar-refractivity contribution is -0.0264. The van der Waals surface area contributed by atoms with Crippen LogP contribution in [0.3, 0.4) is 0 Å². The number of aliphatic hydroxyl groups is 1. The van der Waals surface area contributed by atoms with Gasteiger partial charge in [0.15, 0.2) is 0 Å². The summed E-state index contributed by atoms with van der Waals surface area (Å²) in [5.74, 6) is 0. The molecule has 2 bridgehead atoms. The van der Waals surface area contributed by atoms with Gasteiger partial charge < -0.3 is 15.6 Å². The third-order valence-corrected chi connectivity index (χ3v) is 4.94. The smallest absolute Gasteiger partial charge is 0.0884 e. The zero-order valence-electron chi connectivity index (χ0n) is 10.2. The number of hydrogen-bond acceptors (Lipinski definition) is 3. The molecule has 2 aliphatic heterocycles. The fourth-order valence-corrected chi connectivity index (χ4v) is 3.87. The van der Waals surface area contributed by atoms with E-state index in [1.807, 2.05) is 24.3 Å². The van der Waals surface area contributed by atoms with Gasteiger partial charge in [-0.2, -0.15) is 0 Å². The van der Waals surface area contributed by atoms with Gasteiger partial charge in [0.05, 0.1) is 18.3 Å². The maximum atomic E-state index is 10.7. The second kappa shape index (κ2) is 4.60. The molecule has 4 heteroatoms. The van der Waals surface area contributed by atoms with E-state index >= 15 is 0 Å². The summed E-state index contributed by atoms with van der Waals surface area (Å²) >= 11 is 3.45. The van der Waals surface area contributed by atoms with Gasteiger partial charge in [0.1, 0.15) is 0 Å². The third kappa shape index (κ3) is 1.83. The Morgan fingerprint density at radius 3 is 2.89 bits per heavy atom. The van der Waals surface area contributed by atoms with Crippen LogP contribution in [0.2, 0.25) is 0 Å². The van der Waals surface area contributed by atoms with Crippen LogP contribution in [-0.2, 0) is 4.74 Å². The second-order valence-corrected chi connectivity index (χ2v) is 6.34. The first-order valence-electron chi connectivity index (χ1n) is 6.45. The van der Waals surface area contributed by atoms with E-state index in [9.17, 15) is 5.11 Å². The van der Waals surface area contributed by atoms with Crippen molar-refractivity contribution in [1.29, 1.82) is 0 Å². The van der Waals surface area contributed by atoms with Gasteiger partial charge in [0, 0.05) is 16.4 Å². The monoisotopic (exact) mass is 311 g/mol. The molecule has 0 aromatic heterocycles. The average molecular weight is 312 g/mol. The van der Waals surface area contributed by atoms with Gasteiger partial charge in [0.25, 0.3) is 0 Å². The van der Waals surface area contributed by atoms with Crippen LogP contribution in [0.25, 0.3) is 0 Å².